The molecule has 0 N–H and O–H groups in total. The summed E-state index contributed by atoms with van der Waals surface area (Å²) in [5.74, 6) is 0.167. The number of nitrogens with zero attached hydrogens (tertiary/aromatic N) is 2. The van der Waals surface area contributed by atoms with Gasteiger partial charge in [0.05, 0.1) is 0 Å². The highest BCUT2D eigenvalue weighted by atomic mass is 16.2. The summed E-state index contributed by atoms with van der Waals surface area (Å²) in [5, 5.41) is 0. The number of amides is 1. The Morgan fingerprint density at radius 1 is 1.33 bits per heavy atom. The molecule has 1 aromatic rings. The molecule has 18 heavy (non-hydrogen) atoms. The molecule has 4 nitrogen and oxygen atoms in total. The van der Waals surface area contributed by atoms with E-state index < -0.39 is 0 Å². The summed E-state index contributed by atoms with van der Waals surface area (Å²) in [6, 6.07) is 1.87. The van der Waals surface area contributed by atoms with Crippen molar-refractivity contribution in [1.82, 2.24) is 9.47 Å². The van der Waals surface area contributed by atoms with Crippen LogP contribution >= 0.6 is 0 Å². The van der Waals surface area contributed by atoms with Crippen molar-refractivity contribution in [3.63, 3.8) is 0 Å². The van der Waals surface area contributed by atoms with Gasteiger partial charge in [-0.2, -0.15) is 0 Å². The minimum Gasteiger partial charge on any atom is -0.348 e. The lowest BCUT2D eigenvalue weighted by Gasteiger charge is -2.19. The average Bonchev–Trinajstić information content (AvgIpc) is 2.63. The summed E-state index contributed by atoms with van der Waals surface area (Å²) < 4.78 is 2.03. The fourth-order valence-corrected chi connectivity index (χ4v) is 2.23. The highest BCUT2D eigenvalue weighted by Crippen LogP contribution is 2.14. The van der Waals surface area contributed by atoms with Crippen LogP contribution in [0.5, 0.6) is 0 Å². The Bertz CT molecular complexity index is 431. The van der Waals surface area contributed by atoms with Gasteiger partial charge in [-0.1, -0.05) is 0 Å². The Morgan fingerprint density at radius 2 is 1.94 bits per heavy atom. The molecule has 1 rings (SSSR count). The summed E-state index contributed by atoms with van der Waals surface area (Å²) >= 11 is 0. The summed E-state index contributed by atoms with van der Waals surface area (Å²) in [4.78, 5) is 24.6. The number of carbonyl (C=O) groups excluding carboxylic acids is 2. The van der Waals surface area contributed by atoms with E-state index in [1.165, 1.54) is 0 Å². The molecule has 0 aliphatic rings. The van der Waals surface area contributed by atoms with E-state index in [4.69, 9.17) is 0 Å². The molecule has 1 heterocycles. The summed E-state index contributed by atoms with van der Waals surface area (Å²) in [6.07, 6.45) is 1.35. The first-order chi connectivity index (χ1) is 8.54. The molecule has 0 radical (unpaired) electrons. The molecule has 0 atom stereocenters. The van der Waals surface area contributed by atoms with Gasteiger partial charge in [0.2, 0.25) is 5.91 Å². The molecule has 1 aromatic heterocycles. The van der Waals surface area contributed by atoms with Gasteiger partial charge < -0.3 is 9.47 Å². The van der Waals surface area contributed by atoms with Crippen LogP contribution in [0.15, 0.2) is 6.07 Å². The Kier molecular flexibility index (Phi) is 5.13. The lowest BCUT2D eigenvalue weighted by atomic mass is 10.3. The van der Waals surface area contributed by atoms with E-state index in [-0.39, 0.29) is 5.91 Å². The van der Waals surface area contributed by atoms with Crippen LogP contribution in [0, 0.1) is 13.8 Å². The SMILES string of the molecule is CCN(CC)C(=O)CCn1c(C)cc(C=O)c1C. The van der Waals surface area contributed by atoms with Gasteiger partial charge in [0.15, 0.2) is 6.29 Å². The molecule has 0 saturated carbocycles. The number of aryl methyl sites for hydroxylation is 1. The van der Waals surface area contributed by atoms with E-state index in [1.807, 2.05) is 43.2 Å². The van der Waals surface area contributed by atoms with E-state index in [0.29, 0.717) is 18.5 Å². The first kappa shape index (κ1) is 14.5. The second-order valence-electron chi connectivity index (χ2n) is 4.41. The fraction of sp³-hybridized carbons (Fsp3) is 0.571. The van der Waals surface area contributed by atoms with Crippen LogP contribution < -0.4 is 0 Å². The lowest BCUT2D eigenvalue weighted by Crippen LogP contribution is -2.31. The molecule has 1 amide bonds. The molecule has 0 aliphatic heterocycles. The molecule has 0 fully saturated rings. The zero-order chi connectivity index (χ0) is 13.7. The minimum absolute atomic E-state index is 0.167. The van der Waals surface area contributed by atoms with Crippen LogP contribution in [-0.2, 0) is 11.3 Å². The van der Waals surface area contributed by atoms with Gasteiger partial charge in [-0.3, -0.25) is 9.59 Å². The monoisotopic (exact) mass is 250 g/mol. The maximum absolute atomic E-state index is 11.9. The zero-order valence-electron chi connectivity index (χ0n) is 11.7. The van der Waals surface area contributed by atoms with E-state index in [0.717, 1.165) is 30.8 Å². The third-order valence-corrected chi connectivity index (χ3v) is 3.41. The Labute approximate surface area is 109 Å². The first-order valence-electron chi connectivity index (χ1n) is 6.44. The van der Waals surface area contributed by atoms with Crippen molar-refractivity contribution in [2.45, 2.75) is 40.7 Å². The number of hydrogen-bond donors (Lipinski definition) is 0. The average molecular weight is 250 g/mol. The Morgan fingerprint density at radius 3 is 2.39 bits per heavy atom. The third kappa shape index (κ3) is 3.00. The van der Waals surface area contributed by atoms with Gasteiger partial charge >= 0.3 is 0 Å². The second-order valence-corrected chi connectivity index (χ2v) is 4.41. The van der Waals surface area contributed by atoms with Crippen molar-refractivity contribution >= 4 is 12.2 Å². The van der Waals surface area contributed by atoms with Gasteiger partial charge in [-0.25, -0.2) is 0 Å². The highest BCUT2D eigenvalue weighted by Gasteiger charge is 2.12. The van der Waals surface area contributed by atoms with Crippen LogP contribution in [0.25, 0.3) is 0 Å². The predicted octanol–water partition coefficient (Wildman–Crippen LogP) is 2.18. The van der Waals surface area contributed by atoms with Crippen molar-refractivity contribution in [3.8, 4) is 0 Å². The summed E-state index contributed by atoms with van der Waals surface area (Å²) in [7, 11) is 0. The fourth-order valence-electron chi connectivity index (χ4n) is 2.23. The Hall–Kier alpha value is -1.58. The Balaban J connectivity index is 2.72. The topological polar surface area (TPSA) is 42.3 Å². The first-order valence-corrected chi connectivity index (χ1v) is 6.44. The summed E-state index contributed by atoms with van der Waals surface area (Å²) in [6.45, 7) is 9.98. The molecular weight excluding hydrogens is 228 g/mol. The van der Waals surface area contributed by atoms with Crippen molar-refractivity contribution in [2.24, 2.45) is 0 Å². The second kappa shape index (κ2) is 6.38. The molecule has 4 heteroatoms. The van der Waals surface area contributed by atoms with Crippen molar-refractivity contribution in [2.75, 3.05) is 13.1 Å². The van der Waals surface area contributed by atoms with E-state index in [2.05, 4.69) is 0 Å². The van der Waals surface area contributed by atoms with E-state index in [1.54, 1.807) is 0 Å². The quantitative estimate of drug-likeness (QED) is 0.726. The van der Waals surface area contributed by atoms with Crippen molar-refractivity contribution < 1.29 is 9.59 Å². The van der Waals surface area contributed by atoms with Crippen LogP contribution in [0.3, 0.4) is 0 Å². The number of aldehydes is 1. The van der Waals surface area contributed by atoms with Crippen LogP contribution in [0.4, 0.5) is 0 Å². The van der Waals surface area contributed by atoms with Crippen molar-refractivity contribution in [1.29, 1.82) is 0 Å². The van der Waals surface area contributed by atoms with Gasteiger partial charge in [0.1, 0.15) is 0 Å². The smallest absolute Gasteiger partial charge is 0.224 e. The van der Waals surface area contributed by atoms with Crippen LogP contribution in [0.1, 0.15) is 42.0 Å². The van der Waals surface area contributed by atoms with E-state index >= 15 is 0 Å². The number of hydrogen-bond acceptors (Lipinski definition) is 2. The van der Waals surface area contributed by atoms with E-state index in [9.17, 15) is 9.59 Å². The maximum atomic E-state index is 11.9. The molecule has 0 aliphatic carbocycles. The summed E-state index contributed by atoms with van der Waals surface area (Å²) in [5.41, 5.74) is 2.68. The standard InChI is InChI=1S/C14H22N2O2/c1-5-15(6-2)14(18)7-8-16-11(3)9-13(10-17)12(16)4/h9-10H,5-8H2,1-4H3. The van der Waals surface area contributed by atoms with Crippen LogP contribution in [0.2, 0.25) is 0 Å². The molecule has 100 valence electrons. The molecule has 0 saturated heterocycles. The molecular formula is C14H22N2O2. The minimum atomic E-state index is 0.167. The molecule has 0 aromatic carbocycles. The van der Waals surface area contributed by atoms with Crippen molar-refractivity contribution in [3.05, 3.63) is 23.0 Å². The van der Waals surface area contributed by atoms with Crippen LogP contribution in [-0.4, -0.2) is 34.7 Å². The zero-order valence-corrected chi connectivity index (χ0v) is 11.7. The molecule has 0 spiro atoms. The van der Waals surface area contributed by atoms with Gasteiger partial charge in [-0.05, 0) is 33.8 Å². The molecule has 0 unspecified atom stereocenters. The normalized spacial score (nSPS) is 10.4. The largest absolute Gasteiger partial charge is 0.348 e. The highest BCUT2D eigenvalue weighted by molar-refractivity contribution is 5.77. The van der Waals surface area contributed by atoms with Gasteiger partial charge in [-0.15, -0.1) is 0 Å². The number of carbonyl (C=O) groups is 2. The number of aromatic nitrogens is 1. The van der Waals surface area contributed by atoms with Gasteiger partial charge in [0.25, 0.3) is 0 Å². The lowest BCUT2D eigenvalue weighted by molar-refractivity contribution is -0.131. The third-order valence-electron chi connectivity index (χ3n) is 3.41. The maximum Gasteiger partial charge on any atom is 0.224 e. The number of rotatable bonds is 6. The predicted molar refractivity (Wildman–Crippen MR) is 71.8 cm³/mol. The van der Waals surface area contributed by atoms with Gasteiger partial charge in [0, 0.05) is 43.0 Å². The molecule has 0 bridgehead atoms.